The van der Waals surface area contributed by atoms with Crippen molar-refractivity contribution < 1.29 is 24.2 Å². The van der Waals surface area contributed by atoms with Gasteiger partial charge in [-0.05, 0) is 18.6 Å². The lowest BCUT2D eigenvalue weighted by atomic mass is 10.1. The molecule has 0 bridgehead atoms. The van der Waals surface area contributed by atoms with Crippen LogP contribution in [0.4, 0.5) is 0 Å². The van der Waals surface area contributed by atoms with E-state index in [9.17, 15) is 19.5 Å². The first-order chi connectivity index (χ1) is 10.4. The van der Waals surface area contributed by atoms with Gasteiger partial charge in [0.15, 0.2) is 0 Å². The van der Waals surface area contributed by atoms with Gasteiger partial charge in [-0.15, -0.1) is 0 Å². The number of carbonyl (C=O) groups is 3. The number of benzene rings is 1. The lowest BCUT2D eigenvalue weighted by Crippen LogP contribution is -2.42. The molecule has 7 heteroatoms. The molecule has 0 saturated heterocycles. The van der Waals surface area contributed by atoms with Crippen molar-refractivity contribution in [3.8, 4) is 0 Å². The van der Waals surface area contributed by atoms with Gasteiger partial charge < -0.3 is 15.2 Å². The number of hydrogen-bond acceptors (Lipinski definition) is 4. The number of nitrogens with one attached hydrogen (secondary N) is 1. The predicted octanol–water partition coefficient (Wildman–Crippen LogP) is 1.90. The zero-order chi connectivity index (χ0) is 16.5. The molecule has 0 fully saturated rings. The van der Waals surface area contributed by atoms with E-state index >= 15 is 0 Å². The fraction of sp³-hybridized carbons (Fsp3) is 0.400. The van der Waals surface area contributed by atoms with Gasteiger partial charge >= 0.3 is 11.9 Å². The van der Waals surface area contributed by atoms with Crippen molar-refractivity contribution in [2.24, 2.45) is 0 Å². The highest BCUT2D eigenvalue weighted by atomic mass is 79.9. The molecule has 0 radical (unpaired) electrons. The van der Waals surface area contributed by atoms with Crippen LogP contribution < -0.4 is 5.32 Å². The minimum Gasteiger partial charge on any atom is -0.480 e. The van der Waals surface area contributed by atoms with Crippen LogP contribution in [-0.4, -0.2) is 35.6 Å². The van der Waals surface area contributed by atoms with Crippen LogP contribution in [0.3, 0.4) is 0 Å². The number of rotatable bonds is 8. The number of carboxylic acids is 1. The third-order valence-electron chi connectivity index (χ3n) is 2.88. The first-order valence-electron chi connectivity index (χ1n) is 6.85. The van der Waals surface area contributed by atoms with Gasteiger partial charge in [-0.3, -0.25) is 9.59 Å². The Kier molecular flexibility index (Phi) is 7.59. The molecule has 2 N–H and O–H groups in total. The van der Waals surface area contributed by atoms with E-state index in [1.165, 1.54) is 0 Å². The lowest BCUT2D eigenvalue weighted by molar-refractivity contribution is -0.144. The first-order valence-corrected chi connectivity index (χ1v) is 7.64. The van der Waals surface area contributed by atoms with Gasteiger partial charge in [0.2, 0.25) is 5.91 Å². The zero-order valence-electron chi connectivity index (χ0n) is 12.2. The molecule has 1 atom stereocenters. The van der Waals surface area contributed by atoms with Crippen LogP contribution >= 0.6 is 15.9 Å². The first kappa shape index (κ1) is 18.2. The Morgan fingerprint density at radius 2 is 1.95 bits per heavy atom. The second kappa shape index (κ2) is 9.19. The molecule has 0 spiro atoms. The second-order valence-electron chi connectivity index (χ2n) is 4.56. The summed E-state index contributed by atoms with van der Waals surface area (Å²) in [5, 5.41) is 11.6. The molecule has 1 rings (SSSR count). The Balaban J connectivity index is 2.58. The van der Waals surface area contributed by atoms with Crippen molar-refractivity contribution in [3.63, 3.8) is 0 Å². The molecule has 1 aromatic carbocycles. The van der Waals surface area contributed by atoms with E-state index in [4.69, 9.17) is 4.74 Å². The summed E-state index contributed by atoms with van der Waals surface area (Å²) in [4.78, 5) is 34.2. The molecular weight excluding hydrogens is 354 g/mol. The van der Waals surface area contributed by atoms with E-state index in [1.807, 2.05) is 6.07 Å². The van der Waals surface area contributed by atoms with Gasteiger partial charge in [0.05, 0.1) is 13.0 Å². The number of hydrogen-bond donors (Lipinski definition) is 2. The average Bonchev–Trinajstić information content (AvgIpc) is 2.47. The summed E-state index contributed by atoms with van der Waals surface area (Å²) < 4.78 is 5.49. The molecule has 0 aromatic heterocycles. The number of carbonyl (C=O) groups excluding carboxylic acids is 2. The Hall–Kier alpha value is -1.89. The predicted molar refractivity (Wildman–Crippen MR) is 83.3 cm³/mol. The summed E-state index contributed by atoms with van der Waals surface area (Å²) in [6.07, 6.45) is -0.0124. The van der Waals surface area contributed by atoms with Crippen LogP contribution in [0.2, 0.25) is 0 Å². The highest BCUT2D eigenvalue weighted by molar-refractivity contribution is 9.10. The SMILES string of the molecule is CCOC(=O)CCC(=O)N[C@H](Cc1ccccc1Br)C(=O)O. The van der Waals surface area contributed by atoms with Crippen molar-refractivity contribution in [2.75, 3.05) is 6.61 Å². The number of carboxylic acid groups (broad SMARTS) is 1. The van der Waals surface area contributed by atoms with E-state index in [0.29, 0.717) is 0 Å². The molecule has 0 saturated carbocycles. The second-order valence-corrected chi connectivity index (χ2v) is 5.41. The molecule has 0 unspecified atom stereocenters. The summed E-state index contributed by atoms with van der Waals surface area (Å²) in [5.41, 5.74) is 0.778. The summed E-state index contributed by atoms with van der Waals surface area (Å²) in [7, 11) is 0. The van der Waals surface area contributed by atoms with Gasteiger partial charge in [-0.25, -0.2) is 4.79 Å². The van der Waals surface area contributed by atoms with Crippen molar-refractivity contribution in [1.29, 1.82) is 0 Å². The number of aliphatic carboxylic acids is 1. The third-order valence-corrected chi connectivity index (χ3v) is 3.65. The summed E-state index contributed by atoms with van der Waals surface area (Å²) in [6, 6.07) is 6.15. The largest absolute Gasteiger partial charge is 0.480 e. The number of ether oxygens (including phenoxy) is 1. The smallest absolute Gasteiger partial charge is 0.326 e. The maximum Gasteiger partial charge on any atom is 0.326 e. The Labute approximate surface area is 137 Å². The minimum absolute atomic E-state index is 0.0684. The fourth-order valence-electron chi connectivity index (χ4n) is 1.80. The highest BCUT2D eigenvalue weighted by Crippen LogP contribution is 2.17. The number of amides is 1. The molecule has 0 heterocycles. The highest BCUT2D eigenvalue weighted by Gasteiger charge is 2.21. The fourth-order valence-corrected chi connectivity index (χ4v) is 2.25. The summed E-state index contributed by atoms with van der Waals surface area (Å²) >= 11 is 3.34. The van der Waals surface area contributed by atoms with E-state index < -0.39 is 23.9 Å². The van der Waals surface area contributed by atoms with Crippen LogP contribution in [0.5, 0.6) is 0 Å². The third kappa shape index (κ3) is 6.26. The van der Waals surface area contributed by atoms with Gasteiger partial charge in [-0.2, -0.15) is 0 Å². The Morgan fingerprint density at radius 3 is 2.55 bits per heavy atom. The van der Waals surface area contributed by atoms with Crippen LogP contribution in [0, 0.1) is 0 Å². The van der Waals surface area contributed by atoms with Crippen molar-refractivity contribution in [2.45, 2.75) is 32.2 Å². The monoisotopic (exact) mass is 371 g/mol. The normalized spacial score (nSPS) is 11.5. The van der Waals surface area contributed by atoms with Crippen LogP contribution in [0.1, 0.15) is 25.3 Å². The molecule has 0 aliphatic rings. The molecule has 120 valence electrons. The van der Waals surface area contributed by atoms with Crippen LogP contribution in [0.25, 0.3) is 0 Å². The van der Waals surface area contributed by atoms with E-state index in [-0.39, 0.29) is 25.9 Å². The molecule has 6 nitrogen and oxygen atoms in total. The molecule has 1 amide bonds. The van der Waals surface area contributed by atoms with Crippen LogP contribution in [0.15, 0.2) is 28.7 Å². The van der Waals surface area contributed by atoms with Crippen molar-refractivity contribution in [1.82, 2.24) is 5.32 Å². The van der Waals surface area contributed by atoms with Gasteiger partial charge in [0.25, 0.3) is 0 Å². The van der Waals surface area contributed by atoms with Gasteiger partial charge in [0.1, 0.15) is 6.04 Å². The lowest BCUT2D eigenvalue weighted by Gasteiger charge is -2.15. The summed E-state index contributed by atoms with van der Waals surface area (Å²) in [5.74, 6) is -2.09. The van der Waals surface area contributed by atoms with Crippen molar-refractivity contribution >= 4 is 33.8 Å². The Morgan fingerprint density at radius 1 is 1.27 bits per heavy atom. The molecule has 1 aromatic rings. The van der Waals surface area contributed by atoms with E-state index in [2.05, 4.69) is 21.2 Å². The van der Waals surface area contributed by atoms with Crippen molar-refractivity contribution in [3.05, 3.63) is 34.3 Å². The molecule has 0 aliphatic carbocycles. The topological polar surface area (TPSA) is 92.7 Å². The van der Waals surface area contributed by atoms with Gasteiger partial charge in [0, 0.05) is 17.3 Å². The van der Waals surface area contributed by atoms with E-state index in [0.717, 1.165) is 10.0 Å². The van der Waals surface area contributed by atoms with E-state index in [1.54, 1.807) is 25.1 Å². The number of esters is 1. The maximum absolute atomic E-state index is 11.7. The minimum atomic E-state index is -1.12. The molecule has 22 heavy (non-hydrogen) atoms. The standard InChI is InChI=1S/C15H18BrNO5/c1-2-22-14(19)8-7-13(18)17-12(15(20)21)9-10-5-3-4-6-11(10)16/h3-6,12H,2,7-9H2,1H3,(H,17,18)(H,20,21)/t12-/m1/s1. The molecular formula is C15H18BrNO5. The Bertz CT molecular complexity index is 546. The zero-order valence-corrected chi connectivity index (χ0v) is 13.8. The van der Waals surface area contributed by atoms with Crippen LogP contribution in [-0.2, 0) is 25.5 Å². The quantitative estimate of drug-likeness (QED) is 0.680. The summed E-state index contributed by atoms with van der Waals surface area (Å²) in [6.45, 7) is 1.93. The average molecular weight is 372 g/mol. The number of halogens is 1. The maximum atomic E-state index is 11.7. The van der Waals surface area contributed by atoms with Gasteiger partial charge in [-0.1, -0.05) is 34.1 Å². The molecule has 0 aliphatic heterocycles.